The molecule has 2 aromatic carbocycles. The Bertz CT molecular complexity index is 885. The molecule has 1 unspecified atom stereocenters. The van der Waals surface area contributed by atoms with E-state index in [9.17, 15) is 9.18 Å². The first-order valence-corrected chi connectivity index (χ1v) is 9.76. The number of guanidine groups is 1. The van der Waals surface area contributed by atoms with Crippen LogP contribution in [0.3, 0.4) is 0 Å². The van der Waals surface area contributed by atoms with E-state index in [1.165, 1.54) is 6.07 Å². The molecule has 8 heteroatoms. The van der Waals surface area contributed by atoms with Gasteiger partial charge in [0.1, 0.15) is 11.9 Å². The number of hydrogen-bond acceptors (Lipinski definition) is 3. The van der Waals surface area contributed by atoms with Crippen LogP contribution in [0.4, 0.5) is 10.1 Å². The van der Waals surface area contributed by atoms with Gasteiger partial charge in [-0.1, -0.05) is 24.3 Å². The fourth-order valence-corrected chi connectivity index (χ4v) is 3.18. The van der Waals surface area contributed by atoms with E-state index in [-0.39, 0.29) is 41.8 Å². The number of carbonyl (C=O) groups is 1. The zero-order chi connectivity index (χ0) is 20.6. The van der Waals surface area contributed by atoms with Gasteiger partial charge in [-0.15, -0.1) is 24.0 Å². The highest BCUT2D eigenvalue weighted by Crippen LogP contribution is 2.16. The second-order valence-electron chi connectivity index (χ2n) is 7.05. The van der Waals surface area contributed by atoms with Gasteiger partial charge in [0.15, 0.2) is 5.96 Å². The molecule has 1 amide bonds. The molecule has 0 aliphatic carbocycles. The molecule has 1 aliphatic heterocycles. The van der Waals surface area contributed by atoms with Crippen molar-refractivity contribution in [2.45, 2.75) is 39.0 Å². The Kier molecular flexibility index (Phi) is 9.51. The normalized spacial score (nSPS) is 16.0. The Morgan fingerprint density at radius 2 is 1.90 bits per heavy atom. The number of nitrogens with one attached hydrogen (secondary N) is 3. The predicted octanol–water partition coefficient (Wildman–Crippen LogP) is 3.73. The largest absolute Gasteiger partial charge is 0.368 e. The summed E-state index contributed by atoms with van der Waals surface area (Å²) >= 11 is 0. The minimum absolute atomic E-state index is 0. The fraction of sp³-hybridized carbons (Fsp3) is 0.364. The third-order valence-corrected chi connectivity index (χ3v) is 4.78. The van der Waals surface area contributed by atoms with Crippen molar-refractivity contribution in [1.29, 1.82) is 0 Å². The monoisotopic (exact) mass is 526 g/mol. The number of anilines is 1. The third-order valence-electron chi connectivity index (χ3n) is 4.78. The van der Waals surface area contributed by atoms with Crippen molar-refractivity contribution in [2.24, 2.45) is 4.99 Å². The molecule has 3 rings (SSSR count). The molecule has 2 aromatic rings. The number of halogens is 2. The molecule has 30 heavy (non-hydrogen) atoms. The van der Waals surface area contributed by atoms with Crippen molar-refractivity contribution in [3.05, 3.63) is 65.0 Å². The van der Waals surface area contributed by atoms with Crippen molar-refractivity contribution in [3.8, 4) is 0 Å². The van der Waals surface area contributed by atoms with Crippen LogP contribution in [0.5, 0.6) is 0 Å². The van der Waals surface area contributed by atoms with Gasteiger partial charge in [-0.25, -0.2) is 4.39 Å². The van der Waals surface area contributed by atoms with Crippen molar-refractivity contribution >= 4 is 41.5 Å². The molecular weight excluding hydrogens is 498 g/mol. The lowest BCUT2D eigenvalue weighted by Gasteiger charge is -2.14. The third kappa shape index (κ3) is 6.94. The maximum atomic E-state index is 13.4. The second-order valence-corrected chi connectivity index (χ2v) is 7.05. The molecule has 3 N–H and O–H groups in total. The second kappa shape index (κ2) is 11.8. The van der Waals surface area contributed by atoms with Gasteiger partial charge < -0.3 is 20.7 Å². The van der Waals surface area contributed by atoms with E-state index >= 15 is 0 Å². The van der Waals surface area contributed by atoms with E-state index in [4.69, 9.17) is 4.74 Å². The van der Waals surface area contributed by atoms with E-state index in [0.717, 1.165) is 29.7 Å². The number of hydrogen-bond donors (Lipinski definition) is 3. The maximum absolute atomic E-state index is 13.4. The van der Waals surface area contributed by atoms with Crippen LogP contribution in [-0.2, 0) is 22.6 Å². The molecule has 0 saturated carbocycles. The van der Waals surface area contributed by atoms with Crippen LogP contribution in [0.25, 0.3) is 0 Å². The Balaban J connectivity index is 0.00000320. The number of rotatable bonds is 6. The van der Waals surface area contributed by atoms with E-state index in [1.807, 2.05) is 30.3 Å². The first-order valence-electron chi connectivity index (χ1n) is 9.76. The van der Waals surface area contributed by atoms with Crippen molar-refractivity contribution in [1.82, 2.24) is 10.6 Å². The van der Waals surface area contributed by atoms with Gasteiger partial charge in [0.25, 0.3) is 5.91 Å². The first kappa shape index (κ1) is 24.1. The van der Waals surface area contributed by atoms with Gasteiger partial charge in [0, 0.05) is 32.4 Å². The Hall–Kier alpha value is -2.20. The molecule has 0 radical (unpaired) electrons. The zero-order valence-corrected chi connectivity index (χ0v) is 19.5. The van der Waals surface area contributed by atoms with Crippen LogP contribution in [0.1, 0.15) is 29.5 Å². The van der Waals surface area contributed by atoms with Crippen LogP contribution < -0.4 is 16.0 Å². The number of carbonyl (C=O) groups excluding carboxylic acids is 1. The summed E-state index contributed by atoms with van der Waals surface area (Å²) in [5, 5.41) is 9.38. The summed E-state index contributed by atoms with van der Waals surface area (Å²) in [5.41, 5.74) is 3.35. The maximum Gasteiger partial charge on any atom is 0.253 e. The SMILES string of the molecule is CN=C(NCc1cccc(NC(=O)C2CCCO2)c1)NCc1ccc(F)c(C)c1.I. The van der Waals surface area contributed by atoms with E-state index in [1.54, 1.807) is 20.0 Å². The average Bonchev–Trinajstić information content (AvgIpc) is 3.26. The lowest BCUT2D eigenvalue weighted by Crippen LogP contribution is -2.36. The highest BCUT2D eigenvalue weighted by molar-refractivity contribution is 14.0. The highest BCUT2D eigenvalue weighted by Gasteiger charge is 2.23. The van der Waals surface area contributed by atoms with Gasteiger partial charge in [-0.3, -0.25) is 9.79 Å². The van der Waals surface area contributed by atoms with Crippen molar-refractivity contribution in [2.75, 3.05) is 19.0 Å². The summed E-state index contributed by atoms with van der Waals surface area (Å²) in [6.07, 6.45) is 1.34. The molecule has 1 saturated heterocycles. The first-order chi connectivity index (χ1) is 14.0. The summed E-state index contributed by atoms with van der Waals surface area (Å²) in [5.74, 6) is 0.336. The van der Waals surface area contributed by atoms with Crippen LogP contribution in [0.15, 0.2) is 47.5 Å². The highest BCUT2D eigenvalue weighted by atomic mass is 127. The molecule has 0 bridgehead atoms. The van der Waals surface area contributed by atoms with Crippen LogP contribution in [0, 0.1) is 12.7 Å². The summed E-state index contributed by atoms with van der Waals surface area (Å²) in [4.78, 5) is 16.4. The molecule has 0 aromatic heterocycles. The van der Waals surface area contributed by atoms with E-state index < -0.39 is 0 Å². The van der Waals surface area contributed by atoms with E-state index in [0.29, 0.717) is 31.2 Å². The molecular formula is C22H28FIN4O2. The van der Waals surface area contributed by atoms with Crippen LogP contribution >= 0.6 is 24.0 Å². The number of aliphatic imine (C=N–C) groups is 1. The fourth-order valence-electron chi connectivity index (χ4n) is 3.18. The quantitative estimate of drug-likeness (QED) is 0.305. The molecule has 1 atom stereocenters. The predicted molar refractivity (Wildman–Crippen MR) is 128 cm³/mol. The topological polar surface area (TPSA) is 74.8 Å². The Morgan fingerprint density at radius 1 is 1.17 bits per heavy atom. The van der Waals surface area contributed by atoms with Gasteiger partial charge in [0.05, 0.1) is 0 Å². The standard InChI is InChI=1S/C22H27FN4O2.HI/c1-15-11-17(8-9-19(15)23)14-26-22(24-2)25-13-16-5-3-6-18(12-16)27-21(28)20-7-4-10-29-20;/h3,5-6,8-9,11-12,20H,4,7,10,13-14H2,1-2H3,(H,27,28)(H2,24,25,26);1H. The number of nitrogens with zero attached hydrogens (tertiary/aromatic N) is 1. The van der Waals surface area contributed by atoms with Gasteiger partial charge in [-0.2, -0.15) is 0 Å². The van der Waals surface area contributed by atoms with Gasteiger partial charge in [0.2, 0.25) is 0 Å². The number of benzene rings is 2. The van der Waals surface area contributed by atoms with Crippen molar-refractivity contribution in [3.63, 3.8) is 0 Å². The molecule has 1 heterocycles. The number of aryl methyl sites for hydroxylation is 1. The van der Waals surface area contributed by atoms with Crippen molar-refractivity contribution < 1.29 is 13.9 Å². The minimum atomic E-state index is -0.352. The smallest absolute Gasteiger partial charge is 0.253 e. The summed E-state index contributed by atoms with van der Waals surface area (Å²) < 4.78 is 18.8. The van der Waals surface area contributed by atoms with Gasteiger partial charge >= 0.3 is 0 Å². The molecule has 0 spiro atoms. The molecule has 6 nitrogen and oxygen atoms in total. The number of amides is 1. The molecule has 1 aliphatic rings. The molecule has 162 valence electrons. The van der Waals surface area contributed by atoms with E-state index in [2.05, 4.69) is 20.9 Å². The Morgan fingerprint density at radius 3 is 2.53 bits per heavy atom. The lowest BCUT2D eigenvalue weighted by atomic mass is 10.1. The zero-order valence-electron chi connectivity index (χ0n) is 17.2. The summed E-state index contributed by atoms with van der Waals surface area (Å²) in [6, 6.07) is 12.7. The number of ether oxygens (including phenoxy) is 1. The van der Waals surface area contributed by atoms with Crippen LogP contribution in [-0.4, -0.2) is 31.6 Å². The summed E-state index contributed by atoms with van der Waals surface area (Å²) in [7, 11) is 1.70. The Labute approximate surface area is 193 Å². The average molecular weight is 526 g/mol. The minimum Gasteiger partial charge on any atom is -0.368 e. The van der Waals surface area contributed by atoms with Gasteiger partial charge in [-0.05, 0) is 54.7 Å². The lowest BCUT2D eigenvalue weighted by molar-refractivity contribution is -0.124. The molecule has 1 fully saturated rings. The van der Waals surface area contributed by atoms with Crippen LogP contribution in [0.2, 0.25) is 0 Å². The summed E-state index contributed by atoms with van der Waals surface area (Å²) in [6.45, 7) is 3.48.